The average Bonchev–Trinajstić information content (AvgIpc) is 3.20. The minimum atomic E-state index is -1.25. The summed E-state index contributed by atoms with van der Waals surface area (Å²) < 4.78 is 11.6. The van der Waals surface area contributed by atoms with Crippen LogP contribution in [0.3, 0.4) is 0 Å². The molecule has 8 atom stereocenters. The molecule has 1 aromatic carbocycles. The Hall–Kier alpha value is -4.76. The molecular formula is C46H72ClN5O10. The maximum absolute atomic E-state index is 14.0. The molecule has 0 aliphatic carbocycles. The zero-order valence-corrected chi connectivity index (χ0v) is 39.9. The van der Waals surface area contributed by atoms with Gasteiger partial charge >= 0.3 is 17.9 Å². The van der Waals surface area contributed by atoms with Crippen molar-refractivity contribution in [3.05, 3.63) is 58.1 Å². The van der Waals surface area contributed by atoms with Crippen LogP contribution in [-0.4, -0.2) is 113 Å². The zero-order chi connectivity index (χ0) is 47.8. The highest BCUT2D eigenvalue weighted by atomic mass is 35.5. The number of carboxylic acids is 1. The highest BCUT2D eigenvalue weighted by molar-refractivity contribution is 6.30. The molecule has 0 saturated heterocycles. The molecule has 15 nitrogen and oxygen atoms in total. The number of allylic oxidation sites excluding steroid dienone is 2. The van der Waals surface area contributed by atoms with E-state index in [2.05, 4.69) is 10.6 Å². The van der Waals surface area contributed by atoms with Gasteiger partial charge in [0.1, 0.15) is 29.8 Å². The normalized spacial score (nSPS) is 16.1. The summed E-state index contributed by atoms with van der Waals surface area (Å²) in [4.78, 5) is 94.8. The van der Waals surface area contributed by atoms with Crippen molar-refractivity contribution in [2.45, 2.75) is 145 Å². The van der Waals surface area contributed by atoms with Crippen LogP contribution >= 0.6 is 11.6 Å². The van der Waals surface area contributed by atoms with Crippen LogP contribution in [-0.2, 0) is 49.5 Å². The van der Waals surface area contributed by atoms with E-state index in [-0.39, 0.29) is 42.1 Å². The van der Waals surface area contributed by atoms with E-state index in [0.29, 0.717) is 23.4 Å². The summed E-state index contributed by atoms with van der Waals surface area (Å²) in [6.07, 6.45) is 2.96. The molecule has 0 bridgehead atoms. The van der Waals surface area contributed by atoms with Crippen LogP contribution in [0.5, 0.6) is 0 Å². The number of carbonyl (C=O) groups excluding carboxylic acids is 6. The number of likely N-dealkylation sites (N-methyl/N-ethyl adjacent to an activating group) is 2. The predicted octanol–water partition coefficient (Wildman–Crippen LogP) is 5.47. The zero-order valence-electron chi connectivity index (χ0n) is 39.2. The van der Waals surface area contributed by atoms with Gasteiger partial charge in [0.25, 0.3) is 5.91 Å². The van der Waals surface area contributed by atoms with Crippen molar-refractivity contribution in [2.75, 3.05) is 20.6 Å². The van der Waals surface area contributed by atoms with Crippen molar-refractivity contribution in [1.82, 2.24) is 20.4 Å². The number of nitrogens with two attached hydrogens (primary N) is 1. The molecule has 16 heteroatoms. The summed E-state index contributed by atoms with van der Waals surface area (Å²) in [6, 6.07) is 3.21. The Morgan fingerprint density at radius 2 is 1.48 bits per heavy atom. The van der Waals surface area contributed by atoms with E-state index in [1.54, 1.807) is 65.0 Å². The largest absolute Gasteiger partial charge is 0.480 e. The van der Waals surface area contributed by atoms with Gasteiger partial charge in [-0.15, -0.1) is 0 Å². The second-order valence-corrected chi connectivity index (χ2v) is 18.0. The van der Waals surface area contributed by atoms with Crippen LogP contribution in [0.1, 0.15) is 108 Å². The Morgan fingerprint density at radius 1 is 0.903 bits per heavy atom. The van der Waals surface area contributed by atoms with Crippen LogP contribution in [0.15, 0.2) is 47.6 Å². The van der Waals surface area contributed by atoms with E-state index in [4.69, 9.17) is 26.8 Å². The highest BCUT2D eigenvalue weighted by Crippen LogP contribution is 2.28. The molecule has 0 aliphatic heterocycles. The van der Waals surface area contributed by atoms with Crippen LogP contribution in [0.2, 0.25) is 5.02 Å². The minimum Gasteiger partial charge on any atom is -0.480 e. The van der Waals surface area contributed by atoms with Gasteiger partial charge in [0.05, 0.1) is 6.54 Å². The van der Waals surface area contributed by atoms with Crippen LogP contribution < -0.4 is 16.4 Å². The first kappa shape index (κ1) is 55.3. The SMILES string of the molecule is C/C=C(\C)[C@@H](OC(=O)C(C)(C)N)[C@@H](C)[C@@H](C)C/C=C(\C)C(=O)O[C@H](CC(C)C)C(=O)N[C@@H](C)C(=O)N(C)[C@H](Cc1ccc(Cl)cc1)C(=O)N(C)CC(=O)N[C@H](C(=O)O)C(C)CC. The molecule has 1 rings (SSSR count). The third-order valence-corrected chi connectivity index (χ3v) is 11.4. The van der Waals surface area contributed by atoms with Gasteiger partial charge in [-0.1, -0.05) is 83.8 Å². The standard InChI is InChI=1S/C46H72ClN5O10/c1-15-27(5)38(43(57)58)50-37(53)25-51(13)42(56)35(24-33-19-21-34(47)22-20-33)52(14)41(55)32(10)49-40(54)36(23-26(3)4)61-44(59)30(8)18-17-29(7)31(9)39(28(6)16-2)62-45(60)46(11,12)48/h16,18-22,26-27,29,31-32,35-36,38-39H,15,17,23-25,48H2,1-14H3,(H,49,54)(H,50,53)(H,57,58)/b28-16+,30-18+/t27?,29-,31-,32-,35+,36+,38-,39+/m0/s1. The van der Waals surface area contributed by atoms with E-state index in [1.807, 2.05) is 47.6 Å². The quantitative estimate of drug-likeness (QED) is 0.0580. The predicted molar refractivity (Wildman–Crippen MR) is 240 cm³/mol. The maximum atomic E-state index is 14.0. The Morgan fingerprint density at radius 3 is 1.98 bits per heavy atom. The monoisotopic (exact) mass is 889 g/mol. The first-order chi connectivity index (χ1) is 28.7. The Labute approximate surface area is 373 Å². The number of aliphatic carboxylic acids is 1. The molecule has 0 aliphatic rings. The number of rotatable bonds is 24. The second kappa shape index (κ2) is 25.4. The molecule has 5 N–H and O–H groups in total. The summed E-state index contributed by atoms with van der Waals surface area (Å²) >= 11 is 6.09. The number of carboxylic acid groups (broad SMARTS) is 1. The summed E-state index contributed by atoms with van der Waals surface area (Å²) in [5.74, 6) is -5.67. The smallest absolute Gasteiger partial charge is 0.334 e. The lowest BCUT2D eigenvalue weighted by Crippen LogP contribution is -2.56. The van der Waals surface area contributed by atoms with Gasteiger partial charge in [-0.2, -0.15) is 0 Å². The van der Waals surface area contributed by atoms with Crippen molar-refractivity contribution < 1.29 is 48.1 Å². The molecule has 0 spiro atoms. The number of hydrogen-bond acceptors (Lipinski definition) is 10. The molecule has 0 radical (unpaired) electrons. The fourth-order valence-corrected chi connectivity index (χ4v) is 6.50. The first-order valence-electron chi connectivity index (χ1n) is 21.3. The van der Waals surface area contributed by atoms with Crippen molar-refractivity contribution in [1.29, 1.82) is 0 Å². The maximum Gasteiger partial charge on any atom is 0.334 e. The molecule has 0 heterocycles. The number of amides is 4. The van der Waals surface area contributed by atoms with Gasteiger partial charge in [-0.05, 0) is 101 Å². The fourth-order valence-electron chi connectivity index (χ4n) is 6.38. The third kappa shape index (κ3) is 17.5. The van der Waals surface area contributed by atoms with Gasteiger partial charge in [-0.3, -0.25) is 24.0 Å². The summed E-state index contributed by atoms with van der Waals surface area (Å²) in [5.41, 5.74) is 6.61. The van der Waals surface area contributed by atoms with Gasteiger partial charge in [0.15, 0.2) is 6.10 Å². The minimum absolute atomic E-state index is 0.0265. The van der Waals surface area contributed by atoms with E-state index in [0.717, 1.165) is 10.5 Å². The van der Waals surface area contributed by atoms with Gasteiger partial charge in [-0.25, -0.2) is 9.59 Å². The number of nitrogens with zero attached hydrogens (tertiary/aromatic N) is 2. The van der Waals surface area contributed by atoms with Crippen LogP contribution in [0, 0.1) is 23.7 Å². The number of halogens is 1. The van der Waals surface area contributed by atoms with Crippen molar-refractivity contribution >= 4 is 53.1 Å². The van der Waals surface area contributed by atoms with Crippen molar-refractivity contribution in [2.24, 2.45) is 29.4 Å². The molecule has 0 saturated carbocycles. The van der Waals surface area contributed by atoms with Gasteiger partial charge < -0.3 is 40.7 Å². The molecule has 0 fully saturated rings. The lowest BCUT2D eigenvalue weighted by Gasteiger charge is -2.33. The van der Waals surface area contributed by atoms with Crippen molar-refractivity contribution in [3.63, 3.8) is 0 Å². The molecular weight excluding hydrogens is 818 g/mol. The summed E-state index contributed by atoms with van der Waals surface area (Å²) in [7, 11) is 2.79. The Bertz CT molecular complexity index is 1770. The molecule has 1 unspecified atom stereocenters. The lowest BCUT2D eigenvalue weighted by molar-refractivity contribution is -0.155. The van der Waals surface area contributed by atoms with Crippen molar-refractivity contribution in [3.8, 4) is 0 Å². The first-order valence-corrected chi connectivity index (χ1v) is 21.6. The number of hydrogen-bond donors (Lipinski definition) is 4. The van der Waals surface area contributed by atoms with E-state index >= 15 is 0 Å². The third-order valence-electron chi connectivity index (χ3n) is 11.1. The molecule has 1 aromatic rings. The van der Waals surface area contributed by atoms with Gasteiger partial charge in [0, 0.05) is 31.1 Å². The lowest BCUT2D eigenvalue weighted by atomic mass is 9.84. The number of ether oxygens (including phenoxy) is 2. The number of carbonyl (C=O) groups is 7. The summed E-state index contributed by atoms with van der Waals surface area (Å²) in [6.45, 7) is 20.6. The summed E-state index contributed by atoms with van der Waals surface area (Å²) in [5, 5.41) is 15.2. The van der Waals surface area contributed by atoms with E-state index in [9.17, 15) is 38.7 Å². The van der Waals surface area contributed by atoms with Gasteiger partial charge in [0.2, 0.25) is 17.7 Å². The van der Waals surface area contributed by atoms with Crippen LogP contribution in [0.25, 0.3) is 0 Å². The molecule has 0 aromatic heterocycles. The molecule has 4 amide bonds. The second-order valence-electron chi connectivity index (χ2n) is 17.6. The topological polar surface area (TPSA) is 215 Å². The van der Waals surface area contributed by atoms with Crippen LogP contribution in [0.4, 0.5) is 0 Å². The highest BCUT2D eigenvalue weighted by Gasteiger charge is 2.36. The number of benzene rings is 1. The average molecular weight is 891 g/mol. The number of nitrogens with one attached hydrogen (secondary N) is 2. The number of esters is 2. The molecule has 348 valence electrons. The Kier molecular flexibility index (Phi) is 22.6. The van der Waals surface area contributed by atoms with E-state index in [1.165, 1.54) is 25.9 Å². The van der Waals surface area contributed by atoms with E-state index < -0.39 is 84.0 Å². The Balaban J connectivity index is 3.23. The molecule has 62 heavy (non-hydrogen) atoms. The fraction of sp³-hybridized carbons (Fsp3) is 0.630.